The minimum Gasteiger partial charge on any atom is -0.650 e. The Morgan fingerprint density at radius 2 is 1.00 bits per heavy atom. The van der Waals surface area contributed by atoms with Crippen LogP contribution < -0.4 is 10.9 Å². The number of thiophene rings is 3. The van der Waals surface area contributed by atoms with Crippen LogP contribution in [-0.4, -0.2) is 16.7 Å². The fourth-order valence-corrected chi connectivity index (χ4v) is 10.3. The minimum absolute atomic E-state index is 0.125. The third kappa shape index (κ3) is 6.13. The van der Waals surface area contributed by atoms with Crippen molar-refractivity contribution in [2.75, 3.05) is 0 Å². The number of aryl methyl sites for hydroxylation is 4. The molecule has 2 nitrogen and oxygen atoms in total. The zero-order valence-corrected chi connectivity index (χ0v) is 31.8. The number of halogens is 10. The molecule has 0 N–H and O–H groups in total. The van der Waals surface area contributed by atoms with E-state index in [1.54, 1.807) is 12.1 Å². The van der Waals surface area contributed by atoms with Gasteiger partial charge >= 0.3 is 6.48 Å². The third-order valence-corrected chi connectivity index (χ3v) is 12.7. The van der Waals surface area contributed by atoms with Gasteiger partial charge < -0.3 is 9.14 Å². The summed E-state index contributed by atoms with van der Waals surface area (Å²) < 4.78 is 162. The van der Waals surface area contributed by atoms with Gasteiger partial charge in [0.25, 0.3) is 0 Å². The van der Waals surface area contributed by atoms with Gasteiger partial charge in [-0.05, 0) is 62.4 Å². The van der Waals surface area contributed by atoms with E-state index in [1.807, 2.05) is 39.8 Å². The van der Waals surface area contributed by atoms with Crippen molar-refractivity contribution in [1.82, 2.24) is 0 Å². The lowest BCUT2D eigenvalue weighted by atomic mass is 9.39. The molecule has 284 valence electrons. The maximum Gasteiger partial charge on any atom is 0.520 e. The van der Waals surface area contributed by atoms with Crippen LogP contribution in [0.2, 0.25) is 0 Å². The van der Waals surface area contributed by atoms with Crippen LogP contribution in [0.1, 0.15) is 36.9 Å². The van der Waals surface area contributed by atoms with Gasteiger partial charge in [0, 0.05) is 54.1 Å². The average molecular weight is 822 g/mol. The Labute approximate surface area is 320 Å². The van der Waals surface area contributed by atoms with E-state index in [1.165, 1.54) is 59.9 Å². The summed E-state index contributed by atoms with van der Waals surface area (Å²) in [7, 11) is 0. The van der Waals surface area contributed by atoms with Crippen molar-refractivity contribution in [3.05, 3.63) is 143 Å². The monoisotopic (exact) mass is 821 g/mol. The maximum atomic E-state index is 16.3. The Kier molecular flexibility index (Phi) is 9.91. The summed E-state index contributed by atoms with van der Waals surface area (Å²) >= 11 is 4.13. The lowest BCUT2D eigenvalue weighted by molar-refractivity contribution is -0.428. The van der Waals surface area contributed by atoms with Crippen molar-refractivity contribution < 1.29 is 53.0 Å². The molecule has 0 spiro atoms. The van der Waals surface area contributed by atoms with Crippen LogP contribution >= 0.6 is 34.0 Å². The minimum atomic E-state index is -4.82. The van der Waals surface area contributed by atoms with Gasteiger partial charge in [0.2, 0.25) is 0 Å². The van der Waals surface area contributed by atoms with E-state index in [2.05, 4.69) is 0 Å². The second-order valence-electron chi connectivity index (χ2n) is 13.1. The molecule has 4 heterocycles. The van der Waals surface area contributed by atoms with E-state index < -0.39 is 82.1 Å². The van der Waals surface area contributed by atoms with Gasteiger partial charge in [-0.25, -0.2) is 43.9 Å². The fourth-order valence-electron chi connectivity index (χ4n) is 7.18. The Bertz CT molecular complexity index is 2430. The van der Waals surface area contributed by atoms with Gasteiger partial charge in [-0.3, -0.25) is 0 Å². The number of benzene rings is 3. The summed E-state index contributed by atoms with van der Waals surface area (Å²) in [4.78, 5) is 4.64. The normalized spacial score (nSPS) is 14.1. The van der Waals surface area contributed by atoms with Crippen LogP contribution in [0.3, 0.4) is 0 Å². The van der Waals surface area contributed by atoms with Crippen molar-refractivity contribution in [2.45, 2.75) is 41.2 Å². The second-order valence-corrected chi connectivity index (χ2v) is 17.1. The molecule has 0 unspecified atom stereocenters. The molecule has 0 atom stereocenters. The van der Waals surface area contributed by atoms with Gasteiger partial charge in [0.05, 0.1) is 10.6 Å². The zero-order valence-electron chi connectivity index (χ0n) is 29.3. The average Bonchev–Trinajstić information content (AvgIpc) is 3.84. The predicted octanol–water partition coefficient (Wildman–Crippen LogP) is 11.1. The van der Waals surface area contributed by atoms with Crippen molar-refractivity contribution >= 4 is 62.9 Å². The Morgan fingerprint density at radius 3 is 1.45 bits per heavy atom. The van der Waals surface area contributed by atoms with Gasteiger partial charge in [0.1, 0.15) is 35.5 Å². The maximum absolute atomic E-state index is 16.3. The summed E-state index contributed by atoms with van der Waals surface area (Å²) in [6.07, 6.45) is 1.32. The highest BCUT2D eigenvalue weighted by Crippen LogP contribution is 2.48. The van der Waals surface area contributed by atoms with Gasteiger partial charge in [0.15, 0.2) is 34.9 Å². The highest BCUT2D eigenvalue weighted by molar-refractivity contribution is 7.18. The standard InChI is InChI=1S/C39H26BF10NOS3/c1-16-11-25(26-14-24(22-12-17(2)53-19(22)4)39(55-26)23-13-18(3)54-20(23)5)52-40(51(16)15-21-9-7-6-8-10-21,27-29(41)33(45)37(49)34(46)30(27)42)28-31(43)35(47)38(50)36(48)32(28)44/h6-14H,15H2,1-5H3. The predicted molar refractivity (Wildman–Crippen MR) is 198 cm³/mol. The largest absolute Gasteiger partial charge is 0.650 e. The molecule has 0 saturated heterocycles. The molecule has 1 aliphatic rings. The summed E-state index contributed by atoms with van der Waals surface area (Å²) in [5, 5.41) is 0. The van der Waals surface area contributed by atoms with Crippen LogP contribution in [0.4, 0.5) is 43.9 Å². The van der Waals surface area contributed by atoms with E-state index >= 15 is 35.1 Å². The van der Waals surface area contributed by atoms with Gasteiger partial charge in [-0.2, -0.15) is 0 Å². The van der Waals surface area contributed by atoms with Crippen LogP contribution in [0, 0.1) is 85.9 Å². The molecule has 0 saturated carbocycles. The quantitative estimate of drug-likeness (QED) is 0.0676. The lowest BCUT2D eigenvalue weighted by Crippen LogP contribution is -2.74. The Hall–Kier alpha value is -4.67. The third-order valence-electron chi connectivity index (χ3n) is 9.59. The number of allylic oxidation sites excluding steroid dienone is 1. The molecule has 0 fully saturated rings. The van der Waals surface area contributed by atoms with Crippen LogP contribution in [-0.2, 0) is 11.2 Å². The van der Waals surface area contributed by atoms with E-state index in [4.69, 9.17) is 4.65 Å². The molecule has 6 aromatic rings. The van der Waals surface area contributed by atoms with Crippen molar-refractivity contribution in [1.29, 1.82) is 0 Å². The molecule has 0 bridgehead atoms. The molecule has 0 radical (unpaired) electrons. The number of hydrogen-bond acceptors (Lipinski definition) is 4. The number of hydrogen-bond donors (Lipinski definition) is 0. The van der Waals surface area contributed by atoms with Crippen LogP contribution in [0.25, 0.3) is 27.3 Å². The fraction of sp³-hybridized carbons (Fsp3) is 0.154. The molecule has 3 aromatic heterocycles. The van der Waals surface area contributed by atoms with E-state index in [-0.39, 0.29) is 21.9 Å². The highest BCUT2D eigenvalue weighted by atomic mass is 32.1. The molecule has 55 heavy (non-hydrogen) atoms. The summed E-state index contributed by atoms with van der Waals surface area (Å²) in [6.45, 7) is 3.48. The highest BCUT2D eigenvalue weighted by Gasteiger charge is 2.58. The van der Waals surface area contributed by atoms with Crippen molar-refractivity contribution in [3.8, 4) is 21.6 Å². The topological polar surface area (TPSA) is 12.2 Å². The van der Waals surface area contributed by atoms with E-state index in [0.29, 0.717) is 10.4 Å². The smallest absolute Gasteiger partial charge is 0.520 e. The summed E-state index contributed by atoms with van der Waals surface area (Å²) in [5.41, 5.74) is -1.45. The first-order chi connectivity index (χ1) is 26.0. The molecule has 16 heteroatoms. The Morgan fingerprint density at radius 1 is 0.545 bits per heavy atom. The van der Waals surface area contributed by atoms with Crippen molar-refractivity contribution in [3.63, 3.8) is 0 Å². The first-order valence-corrected chi connectivity index (χ1v) is 19.0. The van der Waals surface area contributed by atoms with Crippen LogP contribution in [0.15, 0.2) is 54.6 Å². The zero-order chi connectivity index (χ0) is 39.8. The number of rotatable bonds is 7. The Balaban J connectivity index is 1.62. The van der Waals surface area contributed by atoms with Crippen LogP contribution in [0.5, 0.6) is 0 Å². The van der Waals surface area contributed by atoms with E-state index in [0.717, 1.165) is 46.5 Å². The molecule has 1 aliphatic heterocycles. The lowest BCUT2D eigenvalue weighted by Gasteiger charge is -2.43. The van der Waals surface area contributed by atoms with E-state index in [9.17, 15) is 8.78 Å². The first-order valence-electron chi connectivity index (χ1n) is 16.5. The number of nitrogens with zero attached hydrogens (tertiary/aromatic N) is 1. The molecule has 7 rings (SSSR count). The van der Waals surface area contributed by atoms with Crippen molar-refractivity contribution in [2.24, 2.45) is 0 Å². The SMILES string of the molecule is CC1=[N+](Cc2ccccc2)[B-](c2c(F)c(F)c(F)c(F)c2F)(c2c(F)c(F)c(F)c(F)c2F)OC(c2cc(-c3cc(C)sc3C)c(-c3cc(C)sc3C)s2)=C1. The molecular formula is C39H26BF10NOS3. The summed E-state index contributed by atoms with van der Waals surface area (Å²) in [6, 6.07) is 13.1. The second kappa shape index (κ2) is 14.1. The molecule has 0 amide bonds. The van der Waals surface area contributed by atoms with Gasteiger partial charge in [-0.15, -0.1) is 34.0 Å². The molecular weight excluding hydrogens is 795 g/mol. The van der Waals surface area contributed by atoms with Gasteiger partial charge in [-0.1, -0.05) is 30.3 Å². The molecule has 3 aromatic carbocycles. The first kappa shape index (κ1) is 38.6. The summed E-state index contributed by atoms with van der Waals surface area (Å²) in [5.74, 6) is -26.1. The molecule has 0 aliphatic carbocycles.